The Morgan fingerprint density at radius 1 is 1.56 bits per heavy atom. The summed E-state index contributed by atoms with van der Waals surface area (Å²) in [6, 6.07) is 5.49. The van der Waals surface area contributed by atoms with Crippen LogP contribution in [0.25, 0.3) is 0 Å². The summed E-state index contributed by atoms with van der Waals surface area (Å²) in [4.78, 5) is 11.4. The highest BCUT2D eigenvalue weighted by Gasteiger charge is 2.29. The molecular weight excluding hydrogens is 206 g/mol. The monoisotopic (exact) mass is 221 g/mol. The molecule has 0 saturated carbocycles. The molecular formula is C12H15NO3. The zero-order valence-electron chi connectivity index (χ0n) is 9.45. The van der Waals surface area contributed by atoms with Crippen LogP contribution in [0.2, 0.25) is 0 Å². The molecule has 16 heavy (non-hydrogen) atoms. The second kappa shape index (κ2) is 4.43. The third-order valence-corrected chi connectivity index (χ3v) is 2.66. The van der Waals surface area contributed by atoms with Crippen molar-refractivity contribution in [1.29, 1.82) is 0 Å². The van der Waals surface area contributed by atoms with Gasteiger partial charge in [-0.3, -0.25) is 0 Å². The first kappa shape index (κ1) is 10.8. The summed E-state index contributed by atoms with van der Waals surface area (Å²) in [5.41, 5.74) is 2.01. The summed E-state index contributed by atoms with van der Waals surface area (Å²) in [5, 5.41) is 3.13. The van der Waals surface area contributed by atoms with E-state index in [4.69, 9.17) is 9.47 Å². The molecule has 1 N–H and O–H groups in total. The van der Waals surface area contributed by atoms with E-state index < -0.39 is 0 Å². The third kappa shape index (κ3) is 1.83. The Hall–Kier alpha value is -1.71. The van der Waals surface area contributed by atoms with Gasteiger partial charge in [0.05, 0.1) is 13.7 Å². The number of rotatable bonds is 3. The Kier molecular flexibility index (Phi) is 2.99. The fraction of sp³-hybridized carbons (Fsp3) is 0.417. The van der Waals surface area contributed by atoms with Crippen molar-refractivity contribution in [3.05, 3.63) is 23.8 Å². The van der Waals surface area contributed by atoms with E-state index in [0.29, 0.717) is 13.0 Å². The van der Waals surface area contributed by atoms with Crippen molar-refractivity contribution < 1.29 is 14.3 Å². The number of carbonyl (C=O) groups excluding carboxylic acids is 1. The lowest BCUT2D eigenvalue weighted by molar-refractivity contribution is -0.141. The summed E-state index contributed by atoms with van der Waals surface area (Å²) >= 11 is 0. The van der Waals surface area contributed by atoms with Gasteiger partial charge in [0.25, 0.3) is 0 Å². The molecule has 1 aromatic rings. The zero-order chi connectivity index (χ0) is 11.5. The molecule has 0 unspecified atom stereocenters. The number of hydrogen-bond donors (Lipinski definition) is 1. The van der Waals surface area contributed by atoms with Crippen LogP contribution in [0.3, 0.4) is 0 Å². The van der Waals surface area contributed by atoms with E-state index in [1.807, 2.05) is 25.1 Å². The van der Waals surface area contributed by atoms with Crippen LogP contribution in [0.15, 0.2) is 18.2 Å². The van der Waals surface area contributed by atoms with Gasteiger partial charge in [-0.25, -0.2) is 4.79 Å². The minimum Gasteiger partial charge on any atom is -0.494 e. The number of ether oxygens (including phenoxy) is 2. The highest BCUT2D eigenvalue weighted by Crippen LogP contribution is 2.33. The van der Waals surface area contributed by atoms with Crippen molar-refractivity contribution in [3.8, 4) is 5.75 Å². The number of hydrogen-bond acceptors (Lipinski definition) is 4. The van der Waals surface area contributed by atoms with Crippen molar-refractivity contribution in [2.24, 2.45) is 0 Å². The molecule has 0 fully saturated rings. The molecule has 0 aliphatic carbocycles. The molecule has 0 saturated heterocycles. The fourth-order valence-electron chi connectivity index (χ4n) is 1.93. The Balaban J connectivity index is 2.23. The van der Waals surface area contributed by atoms with E-state index in [0.717, 1.165) is 17.0 Å². The quantitative estimate of drug-likeness (QED) is 0.787. The van der Waals surface area contributed by atoms with Gasteiger partial charge in [-0.05, 0) is 19.1 Å². The van der Waals surface area contributed by atoms with Gasteiger partial charge in [0, 0.05) is 17.7 Å². The van der Waals surface area contributed by atoms with Crippen LogP contribution in [0.1, 0.15) is 12.5 Å². The second-order valence-corrected chi connectivity index (χ2v) is 3.64. The lowest BCUT2D eigenvalue weighted by Gasteiger charge is -2.07. The maximum atomic E-state index is 11.4. The normalized spacial score (nSPS) is 17.5. The Labute approximate surface area is 94.6 Å². The summed E-state index contributed by atoms with van der Waals surface area (Å²) in [7, 11) is 1.40. The molecule has 4 nitrogen and oxygen atoms in total. The molecule has 1 aromatic carbocycles. The van der Waals surface area contributed by atoms with Gasteiger partial charge in [-0.15, -0.1) is 0 Å². The average molecular weight is 221 g/mol. The molecule has 0 bridgehead atoms. The van der Waals surface area contributed by atoms with Gasteiger partial charge in [-0.2, -0.15) is 0 Å². The van der Waals surface area contributed by atoms with Crippen LogP contribution in [0.5, 0.6) is 5.75 Å². The molecule has 86 valence electrons. The van der Waals surface area contributed by atoms with Crippen molar-refractivity contribution in [1.82, 2.24) is 0 Å². The summed E-state index contributed by atoms with van der Waals surface area (Å²) in [6.45, 7) is 2.57. The van der Waals surface area contributed by atoms with Crippen LogP contribution in [0.4, 0.5) is 5.69 Å². The van der Waals surface area contributed by atoms with Crippen molar-refractivity contribution in [2.45, 2.75) is 19.4 Å². The van der Waals surface area contributed by atoms with Gasteiger partial charge in [-0.1, -0.05) is 6.07 Å². The number of methoxy groups -OCH3 is 1. The van der Waals surface area contributed by atoms with Crippen LogP contribution in [0, 0.1) is 0 Å². The number of benzene rings is 1. The Morgan fingerprint density at radius 3 is 3.06 bits per heavy atom. The van der Waals surface area contributed by atoms with E-state index in [9.17, 15) is 4.79 Å². The van der Waals surface area contributed by atoms with Gasteiger partial charge >= 0.3 is 5.97 Å². The second-order valence-electron chi connectivity index (χ2n) is 3.64. The lowest BCUT2D eigenvalue weighted by Crippen LogP contribution is -2.27. The Morgan fingerprint density at radius 2 is 2.38 bits per heavy atom. The molecule has 0 spiro atoms. The fourth-order valence-corrected chi connectivity index (χ4v) is 1.93. The molecule has 0 radical (unpaired) electrons. The molecule has 1 aliphatic rings. The molecule has 1 atom stereocenters. The SMILES string of the molecule is CCOc1cccc2c1C[C@H](C(=O)OC)N2. The predicted octanol–water partition coefficient (Wildman–Crippen LogP) is 1.59. The number of anilines is 1. The van der Waals surface area contributed by atoms with Gasteiger partial charge in [0.2, 0.25) is 0 Å². The predicted molar refractivity (Wildman–Crippen MR) is 60.7 cm³/mol. The van der Waals surface area contributed by atoms with Crippen molar-refractivity contribution >= 4 is 11.7 Å². The first-order chi connectivity index (χ1) is 7.76. The molecule has 0 amide bonds. The number of nitrogens with one attached hydrogen (secondary N) is 1. The highest BCUT2D eigenvalue weighted by molar-refractivity contribution is 5.83. The van der Waals surface area contributed by atoms with E-state index in [1.165, 1.54) is 7.11 Å². The first-order valence-corrected chi connectivity index (χ1v) is 5.35. The molecule has 0 aromatic heterocycles. The largest absolute Gasteiger partial charge is 0.494 e. The highest BCUT2D eigenvalue weighted by atomic mass is 16.5. The topological polar surface area (TPSA) is 47.6 Å². The molecule has 1 heterocycles. The molecule has 2 rings (SSSR count). The lowest BCUT2D eigenvalue weighted by atomic mass is 10.1. The summed E-state index contributed by atoms with van der Waals surface area (Å²) in [6.07, 6.45) is 0.623. The van der Waals surface area contributed by atoms with Gasteiger partial charge in [0.1, 0.15) is 11.8 Å². The summed E-state index contributed by atoms with van der Waals surface area (Å²) in [5.74, 6) is 0.609. The Bertz CT molecular complexity index is 403. The van der Waals surface area contributed by atoms with Crippen LogP contribution in [-0.2, 0) is 16.0 Å². The molecule has 4 heteroatoms. The average Bonchev–Trinajstić information content (AvgIpc) is 2.73. The summed E-state index contributed by atoms with van der Waals surface area (Å²) < 4.78 is 10.2. The standard InChI is InChI=1S/C12H15NO3/c1-3-16-11-6-4-5-9-8(11)7-10(13-9)12(14)15-2/h4-6,10,13H,3,7H2,1-2H3/t10-/m1/s1. The zero-order valence-corrected chi connectivity index (χ0v) is 9.45. The maximum Gasteiger partial charge on any atom is 0.328 e. The number of fused-ring (bicyclic) bond motifs is 1. The first-order valence-electron chi connectivity index (χ1n) is 5.35. The minimum atomic E-state index is -0.290. The van der Waals surface area contributed by atoms with E-state index in [-0.39, 0.29) is 12.0 Å². The van der Waals surface area contributed by atoms with Crippen molar-refractivity contribution in [3.63, 3.8) is 0 Å². The number of esters is 1. The maximum absolute atomic E-state index is 11.4. The van der Waals surface area contributed by atoms with Crippen LogP contribution in [-0.4, -0.2) is 25.7 Å². The van der Waals surface area contributed by atoms with Crippen molar-refractivity contribution in [2.75, 3.05) is 19.0 Å². The molecule has 1 aliphatic heterocycles. The minimum absolute atomic E-state index is 0.237. The smallest absolute Gasteiger partial charge is 0.328 e. The van der Waals surface area contributed by atoms with Crippen LogP contribution < -0.4 is 10.1 Å². The van der Waals surface area contributed by atoms with Crippen LogP contribution >= 0.6 is 0 Å². The van der Waals surface area contributed by atoms with Gasteiger partial charge in [0.15, 0.2) is 0 Å². The van der Waals surface area contributed by atoms with E-state index in [1.54, 1.807) is 0 Å². The third-order valence-electron chi connectivity index (χ3n) is 2.66. The van der Waals surface area contributed by atoms with E-state index >= 15 is 0 Å². The van der Waals surface area contributed by atoms with E-state index in [2.05, 4.69) is 5.32 Å². The van der Waals surface area contributed by atoms with Gasteiger partial charge < -0.3 is 14.8 Å². The number of carbonyl (C=O) groups is 1.